The predicted molar refractivity (Wildman–Crippen MR) is 217 cm³/mol. The lowest BCUT2D eigenvalue weighted by molar-refractivity contribution is 0.0734. The van der Waals surface area contributed by atoms with Gasteiger partial charge in [-0.25, -0.2) is 4.79 Å². The lowest BCUT2D eigenvalue weighted by atomic mass is 10.1. The minimum absolute atomic E-state index is 0.249. The molecule has 0 heterocycles. The highest BCUT2D eigenvalue weighted by Gasteiger charge is 2.12. The van der Waals surface area contributed by atoms with E-state index in [1.165, 1.54) is 18.4 Å². The van der Waals surface area contributed by atoms with Gasteiger partial charge in [0.25, 0.3) is 0 Å². The van der Waals surface area contributed by atoms with Gasteiger partial charge in [0.15, 0.2) is 0 Å². The van der Waals surface area contributed by atoms with Crippen LogP contribution in [0.1, 0.15) is 53.2 Å². The third-order valence-electron chi connectivity index (χ3n) is 9.36. The Hall–Kier alpha value is -6.67. The number of phenols is 1. The van der Waals surface area contributed by atoms with Crippen LogP contribution in [0.3, 0.4) is 0 Å². The summed E-state index contributed by atoms with van der Waals surface area (Å²) in [5.74, 6) is 0.359. The van der Waals surface area contributed by atoms with Gasteiger partial charge in [-0.2, -0.15) is 5.11 Å². The SMILES string of the molecule is CCCCCc1ccc(OC(=O)c2ccc(N=Nc3ccc(N=Nc4ccc(NCc5ccc(O)cc5)c5ccccc45)c4ccccc34)c(C)c2)cc1. The Morgan fingerprint density at radius 1 is 0.611 bits per heavy atom. The number of hydrogen-bond acceptors (Lipinski definition) is 8. The zero-order chi connectivity index (χ0) is 37.3. The largest absolute Gasteiger partial charge is 0.508 e. The van der Waals surface area contributed by atoms with Gasteiger partial charge in [0.2, 0.25) is 0 Å². The second-order valence-electron chi connectivity index (χ2n) is 13.2. The van der Waals surface area contributed by atoms with Gasteiger partial charge in [-0.1, -0.05) is 92.6 Å². The first-order chi connectivity index (χ1) is 26.4. The number of nitrogens with one attached hydrogen (secondary N) is 1. The van der Waals surface area contributed by atoms with Gasteiger partial charge < -0.3 is 15.2 Å². The van der Waals surface area contributed by atoms with E-state index in [2.05, 4.69) is 28.5 Å². The summed E-state index contributed by atoms with van der Waals surface area (Å²) in [6, 6.07) is 44.0. The molecular formula is C46H41N5O3. The molecule has 0 aromatic heterocycles. The molecule has 0 saturated heterocycles. The number of anilines is 1. The third kappa shape index (κ3) is 8.51. The van der Waals surface area contributed by atoms with Crippen LogP contribution in [0.25, 0.3) is 21.5 Å². The number of phenolic OH excluding ortho intramolecular Hbond substituents is 1. The van der Waals surface area contributed by atoms with Gasteiger partial charge in [0.05, 0.1) is 28.3 Å². The molecule has 7 aromatic carbocycles. The molecule has 8 heteroatoms. The Kier molecular flexibility index (Phi) is 11.1. The fraction of sp³-hybridized carbons (Fsp3) is 0.152. The molecule has 0 aliphatic carbocycles. The number of aromatic hydroxyl groups is 1. The zero-order valence-corrected chi connectivity index (χ0v) is 30.4. The fourth-order valence-electron chi connectivity index (χ4n) is 6.36. The Balaban J connectivity index is 1.06. The Morgan fingerprint density at radius 2 is 1.15 bits per heavy atom. The molecular weight excluding hydrogens is 671 g/mol. The van der Waals surface area contributed by atoms with Crippen molar-refractivity contribution in [3.05, 3.63) is 162 Å². The summed E-state index contributed by atoms with van der Waals surface area (Å²) in [6.07, 6.45) is 4.58. The van der Waals surface area contributed by atoms with Crippen LogP contribution in [0.4, 0.5) is 28.4 Å². The number of carbonyl (C=O) groups is 1. The number of rotatable bonds is 13. The lowest BCUT2D eigenvalue weighted by Crippen LogP contribution is -2.08. The van der Waals surface area contributed by atoms with Crippen LogP contribution in [-0.4, -0.2) is 11.1 Å². The number of azo groups is 2. The Morgan fingerprint density at radius 3 is 1.76 bits per heavy atom. The van der Waals surface area contributed by atoms with Crippen molar-refractivity contribution in [1.29, 1.82) is 0 Å². The third-order valence-corrected chi connectivity index (χ3v) is 9.36. The van der Waals surface area contributed by atoms with Gasteiger partial charge in [-0.3, -0.25) is 0 Å². The summed E-state index contributed by atoms with van der Waals surface area (Å²) in [7, 11) is 0. The average Bonchev–Trinajstić information content (AvgIpc) is 3.20. The number of nitrogens with zero attached hydrogens (tertiary/aromatic N) is 4. The van der Waals surface area contributed by atoms with Gasteiger partial charge in [-0.05, 0) is 103 Å². The summed E-state index contributed by atoms with van der Waals surface area (Å²) in [6.45, 7) is 4.72. The second-order valence-corrected chi connectivity index (χ2v) is 13.2. The predicted octanol–water partition coefficient (Wildman–Crippen LogP) is 13.4. The Labute approximate surface area is 314 Å². The number of aryl methyl sites for hydroxylation is 2. The molecule has 0 unspecified atom stereocenters. The van der Waals surface area contributed by atoms with E-state index in [0.717, 1.165) is 56.9 Å². The second kappa shape index (κ2) is 16.8. The van der Waals surface area contributed by atoms with Gasteiger partial charge in [-0.15, -0.1) is 15.3 Å². The van der Waals surface area contributed by atoms with Crippen LogP contribution in [-0.2, 0) is 13.0 Å². The van der Waals surface area contributed by atoms with Crippen LogP contribution >= 0.6 is 0 Å². The van der Waals surface area contributed by atoms with Crippen molar-refractivity contribution in [2.45, 2.75) is 46.1 Å². The normalized spacial score (nSPS) is 11.5. The molecule has 0 saturated carbocycles. The number of unbranched alkanes of at least 4 members (excludes halogenated alkanes) is 2. The van der Waals surface area contributed by atoms with Crippen LogP contribution in [0, 0.1) is 6.92 Å². The van der Waals surface area contributed by atoms with Crippen molar-refractivity contribution in [3.8, 4) is 11.5 Å². The van der Waals surface area contributed by atoms with Crippen molar-refractivity contribution in [3.63, 3.8) is 0 Å². The summed E-state index contributed by atoms with van der Waals surface area (Å²) in [4.78, 5) is 12.9. The number of hydrogen-bond donors (Lipinski definition) is 2. The summed E-state index contributed by atoms with van der Waals surface area (Å²) in [5, 5.41) is 35.5. The minimum Gasteiger partial charge on any atom is -0.508 e. The first kappa shape index (κ1) is 35.7. The van der Waals surface area contributed by atoms with Crippen LogP contribution in [0.5, 0.6) is 11.5 Å². The monoisotopic (exact) mass is 711 g/mol. The molecule has 0 bridgehead atoms. The standard InChI is InChI=1S/C46H41N5O3/c1-3-4-5-10-32-17-22-36(23-18-32)54-46(53)34-19-24-41(31(2)29-34)48-49-44-27-28-45(40-14-9-8-13-39(40)44)51-50-43-26-25-42(37-11-6-7-12-38(37)43)47-30-33-15-20-35(52)21-16-33/h6-9,11-29,47,52H,3-5,10,30H2,1-2H3. The molecule has 7 rings (SSSR count). The van der Waals surface area contributed by atoms with Crippen LogP contribution in [0.15, 0.2) is 160 Å². The first-order valence-electron chi connectivity index (χ1n) is 18.3. The van der Waals surface area contributed by atoms with Crippen molar-refractivity contribution in [1.82, 2.24) is 0 Å². The summed E-state index contributed by atoms with van der Waals surface area (Å²) in [5.41, 5.74) is 7.38. The summed E-state index contributed by atoms with van der Waals surface area (Å²) < 4.78 is 5.65. The molecule has 0 aliphatic rings. The molecule has 8 nitrogen and oxygen atoms in total. The van der Waals surface area contributed by atoms with E-state index < -0.39 is 5.97 Å². The zero-order valence-electron chi connectivity index (χ0n) is 30.4. The smallest absolute Gasteiger partial charge is 0.343 e. The number of fused-ring (bicyclic) bond motifs is 2. The molecule has 268 valence electrons. The van der Waals surface area contributed by atoms with E-state index >= 15 is 0 Å². The molecule has 2 N–H and O–H groups in total. The van der Waals surface area contributed by atoms with E-state index in [1.54, 1.807) is 30.3 Å². The van der Waals surface area contributed by atoms with Gasteiger partial charge in [0, 0.05) is 33.8 Å². The number of benzene rings is 7. The van der Waals surface area contributed by atoms with E-state index in [0.29, 0.717) is 34.9 Å². The Bertz CT molecular complexity index is 2470. The summed E-state index contributed by atoms with van der Waals surface area (Å²) >= 11 is 0. The molecule has 7 aromatic rings. The highest BCUT2D eigenvalue weighted by Crippen LogP contribution is 2.37. The lowest BCUT2D eigenvalue weighted by Gasteiger charge is -2.11. The maximum absolute atomic E-state index is 12.9. The first-order valence-corrected chi connectivity index (χ1v) is 18.3. The molecule has 54 heavy (non-hydrogen) atoms. The number of ether oxygens (including phenoxy) is 1. The average molecular weight is 712 g/mol. The van der Waals surface area contributed by atoms with E-state index in [-0.39, 0.29) is 5.75 Å². The molecule has 0 spiro atoms. The van der Waals surface area contributed by atoms with Crippen LogP contribution < -0.4 is 10.1 Å². The van der Waals surface area contributed by atoms with E-state index in [1.807, 2.05) is 110 Å². The highest BCUT2D eigenvalue weighted by molar-refractivity contribution is 6.02. The number of carbonyl (C=O) groups excluding carboxylic acids is 1. The molecule has 0 aliphatic heterocycles. The molecule has 0 atom stereocenters. The molecule has 0 fully saturated rings. The van der Waals surface area contributed by atoms with Crippen molar-refractivity contribution in [2.75, 3.05) is 5.32 Å². The highest BCUT2D eigenvalue weighted by atomic mass is 16.5. The maximum atomic E-state index is 12.9. The minimum atomic E-state index is -0.415. The van der Waals surface area contributed by atoms with E-state index in [4.69, 9.17) is 15.0 Å². The van der Waals surface area contributed by atoms with Crippen LogP contribution in [0.2, 0.25) is 0 Å². The quantitative estimate of drug-likeness (QED) is 0.0537. The maximum Gasteiger partial charge on any atom is 0.343 e. The van der Waals surface area contributed by atoms with E-state index in [9.17, 15) is 9.90 Å². The molecule has 0 radical (unpaired) electrons. The number of esters is 1. The van der Waals surface area contributed by atoms with Crippen molar-refractivity contribution < 1.29 is 14.6 Å². The topological polar surface area (TPSA) is 108 Å². The fourth-order valence-corrected chi connectivity index (χ4v) is 6.36. The molecule has 0 amide bonds. The van der Waals surface area contributed by atoms with Gasteiger partial charge in [0.1, 0.15) is 11.5 Å². The van der Waals surface area contributed by atoms with Crippen molar-refractivity contribution >= 4 is 56.0 Å². The van der Waals surface area contributed by atoms with Gasteiger partial charge >= 0.3 is 5.97 Å². The van der Waals surface area contributed by atoms with Crippen molar-refractivity contribution in [2.24, 2.45) is 20.5 Å².